The maximum absolute atomic E-state index is 11.8. The Morgan fingerprint density at radius 3 is 2.60 bits per heavy atom. The average Bonchev–Trinajstić information content (AvgIpc) is 2.26. The van der Waals surface area contributed by atoms with Gasteiger partial charge in [0.15, 0.2) is 0 Å². The number of amides is 1. The van der Waals surface area contributed by atoms with Gasteiger partial charge in [0.1, 0.15) is 0 Å². The lowest BCUT2D eigenvalue weighted by Crippen LogP contribution is -2.26. The smallest absolute Gasteiger partial charge is 0.229 e. The summed E-state index contributed by atoms with van der Waals surface area (Å²) >= 11 is 0. The van der Waals surface area contributed by atoms with Crippen molar-refractivity contribution in [3.05, 3.63) is 24.3 Å². The Morgan fingerprint density at radius 2 is 2.00 bits per heavy atom. The largest absolute Gasteiger partial charge is 0.327 e. The van der Waals surface area contributed by atoms with Gasteiger partial charge in [-0.2, -0.15) is 0 Å². The van der Waals surface area contributed by atoms with E-state index in [9.17, 15) is 13.2 Å². The molecule has 0 aliphatic rings. The van der Waals surface area contributed by atoms with E-state index in [0.717, 1.165) is 19.1 Å². The molecule has 1 rings (SSSR count). The second-order valence-corrected chi connectivity index (χ2v) is 6.50. The fourth-order valence-electron chi connectivity index (χ4n) is 1.80. The van der Waals surface area contributed by atoms with Crippen LogP contribution in [0.1, 0.15) is 26.2 Å². The van der Waals surface area contributed by atoms with Crippen molar-refractivity contribution in [1.82, 2.24) is 0 Å². The molecular weight excluding hydrogens is 278 g/mol. The van der Waals surface area contributed by atoms with E-state index in [1.807, 2.05) is 6.92 Å². The van der Waals surface area contributed by atoms with Gasteiger partial charge < -0.3 is 11.1 Å². The van der Waals surface area contributed by atoms with Gasteiger partial charge in [-0.25, -0.2) is 8.42 Å². The van der Waals surface area contributed by atoms with Crippen LogP contribution in [0.2, 0.25) is 0 Å². The molecule has 20 heavy (non-hydrogen) atoms. The van der Waals surface area contributed by atoms with E-state index in [0.29, 0.717) is 11.4 Å². The fourth-order valence-corrected chi connectivity index (χ4v) is 2.35. The summed E-state index contributed by atoms with van der Waals surface area (Å²) in [6.07, 6.45) is 3.05. The van der Waals surface area contributed by atoms with E-state index in [4.69, 9.17) is 5.73 Å². The zero-order valence-electron chi connectivity index (χ0n) is 11.7. The van der Waals surface area contributed by atoms with E-state index in [-0.39, 0.29) is 18.4 Å². The molecule has 0 aliphatic carbocycles. The maximum Gasteiger partial charge on any atom is 0.229 e. The van der Waals surface area contributed by atoms with Crippen LogP contribution in [0.25, 0.3) is 0 Å². The molecule has 0 bridgehead atoms. The fraction of sp³-hybridized carbons (Fsp3) is 0.462. The first-order valence-corrected chi connectivity index (χ1v) is 8.32. The molecule has 1 aromatic rings. The summed E-state index contributed by atoms with van der Waals surface area (Å²) in [5, 5.41) is 2.70. The highest BCUT2D eigenvalue weighted by atomic mass is 32.2. The minimum Gasteiger partial charge on any atom is -0.327 e. The Balaban J connectivity index is 2.64. The molecule has 6 nitrogen and oxygen atoms in total. The molecule has 4 N–H and O–H groups in total. The number of benzene rings is 1. The van der Waals surface area contributed by atoms with Gasteiger partial charge in [0.05, 0.1) is 11.9 Å². The first kappa shape index (κ1) is 16.5. The molecule has 0 aromatic heterocycles. The SMILES string of the molecule is CCCC(N)CC(=O)Nc1cccc(NS(C)(=O)=O)c1. The first-order valence-electron chi connectivity index (χ1n) is 6.43. The number of carbonyl (C=O) groups excluding carboxylic acids is 1. The van der Waals surface area contributed by atoms with E-state index in [1.54, 1.807) is 24.3 Å². The molecule has 0 saturated carbocycles. The zero-order valence-corrected chi connectivity index (χ0v) is 12.5. The van der Waals surface area contributed by atoms with Crippen LogP contribution in [-0.2, 0) is 14.8 Å². The normalized spacial score (nSPS) is 12.8. The average molecular weight is 299 g/mol. The van der Waals surface area contributed by atoms with Crippen LogP contribution < -0.4 is 15.8 Å². The highest BCUT2D eigenvalue weighted by Crippen LogP contribution is 2.16. The first-order chi connectivity index (χ1) is 9.30. The highest BCUT2D eigenvalue weighted by molar-refractivity contribution is 7.92. The Labute approximate surface area is 119 Å². The van der Waals surface area contributed by atoms with Crippen LogP contribution in [0.4, 0.5) is 11.4 Å². The number of rotatable bonds is 7. The van der Waals surface area contributed by atoms with Crippen molar-refractivity contribution in [2.75, 3.05) is 16.3 Å². The molecule has 0 heterocycles. The van der Waals surface area contributed by atoms with Crippen LogP contribution in [-0.4, -0.2) is 26.6 Å². The third-order valence-electron chi connectivity index (χ3n) is 2.56. The number of anilines is 2. The van der Waals surface area contributed by atoms with Gasteiger partial charge >= 0.3 is 0 Å². The Morgan fingerprint density at radius 1 is 1.35 bits per heavy atom. The van der Waals surface area contributed by atoms with Gasteiger partial charge in [0, 0.05) is 18.2 Å². The highest BCUT2D eigenvalue weighted by Gasteiger charge is 2.09. The lowest BCUT2D eigenvalue weighted by molar-refractivity contribution is -0.116. The molecule has 0 aliphatic heterocycles. The van der Waals surface area contributed by atoms with Crippen LogP contribution in [0.3, 0.4) is 0 Å². The number of nitrogens with one attached hydrogen (secondary N) is 2. The standard InChI is InChI=1S/C13H21N3O3S/c1-3-5-10(14)8-13(17)15-11-6-4-7-12(9-11)16-20(2,18)19/h4,6-7,9-10,16H,3,5,8,14H2,1-2H3,(H,15,17). The third kappa shape index (κ3) is 6.53. The summed E-state index contributed by atoms with van der Waals surface area (Å²) in [4.78, 5) is 11.8. The quantitative estimate of drug-likeness (QED) is 0.710. The summed E-state index contributed by atoms with van der Waals surface area (Å²) in [5.41, 5.74) is 6.74. The van der Waals surface area contributed by atoms with Gasteiger partial charge in [-0.15, -0.1) is 0 Å². The number of hydrogen-bond donors (Lipinski definition) is 3. The molecule has 1 unspecified atom stereocenters. The lowest BCUT2D eigenvalue weighted by Gasteiger charge is -2.11. The van der Waals surface area contributed by atoms with Gasteiger partial charge in [-0.1, -0.05) is 19.4 Å². The van der Waals surface area contributed by atoms with Crippen LogP contribution in [0.5, 0.6) is 0 Å². The Kier molecular flexibility index (Phi) is 5.97. The second kappa shape index (κ2) is 7.25. The predicted octanol–water partition coefficient (Wildman–Crippen LogP) is 1.51. The van der Waals surface area contributed by atoms with Crippen molar-refractivity contribution in [3.63, 3.8) is 0 Å². The Bertz CT molecular complexity index is 558. The predicted molar refractivity (Wildman–Crippen MR) is 81.0 cm³/mol. The van der Waals surface area contributed by atoms with Crippen LogP contribution >= 0.6 is 0 Å². The molecule has 0 saturated heterocycles. The number of hydrogen-bond acceptors (Lipinski definition) is 4. The summed E-state index contributed by atoms with van der Waals surface area (Å²) in [5.74, 6) is -0.178. The zero-order chi connectivity index (χ0) is 15.2. The van der Waals surface area contributed by atoms with E-state index >= 15 is 0 Å². The van der Waals surface area contributed by atoms with Gasteiger partial charge in [0.25, 0.3) is 0 Å². The molecule has 112 valence electrons. The number of sulfonamides is 1. The molecule has 7 heteroatoms. The molecule has 1 aromatic carbocycles. The second-order valence-electron chi connectivity index (χ2n) is 4.76. The summed E-state index contributed by atoms with van der Waals surface area (Å²) in [7, 11) is -3.33. The molecule has 0 fully saturated rings. The monoisotopic (exact) mass is 299 g/mol. The molecule has 0 radical (unpaired) electrons. The van der Waals surface area contributed by atoms with Crippen molar-refractivity contribution in [1.29, 1.82) is 0 Å². The minimum atomic E-state index is -3.33. The van der Waals surface area contributed by atoms with Crippen molar-refractivity contribution in [3.8, 4) is 0 Å². The topological polar surface area (TPSA) is 101 Å². The van der Waals surface area contributed by atoms with Crippen molar-refractivity contribution in [2.24, 2.45) is 5.73 Å². The third-order valence-corrected chi connectivity index (χ3v) is 3.16. The summed E-state index contributed by atoms with van der Waals surface area (Å²) in [6.45, 7) is 2.01. The van der Waals surface area contributed by atoms with Gasteiger partial charge in [0.2, 0.25) is 15.9 Å². The van der Waals surface area contributed by atoms with Crippen molar-refractivity contribution in [2.45, 2.75) is 32.2 Å². The Hall–Kier alpha value is -1.60. The number of nitrogens with two attached hydrogens (primary N) is 1. The number of carbonyl (C=O) groups is 1. The molecule has 1 atom stereocenters. The van der Waals surface area contributed by atoms with E-state index in [2.05, 4.69) is 10.0 Å². The lowest BCUT2D eigenvalue weighted by atomic mass is 10.1. The van der Waals surface area contributed by atoms with Gasteiger partial charge in [-0.3, -0.25) is 9.52 Å². The van der Waals surface area contributed by atoms with Crippen LogP contribution in [0.15, 0.2) is 24.3 Å². The molecule has 0 spiro atoms. The van der Waals surface area contributed by atoms with E-state index < -0.39 is 10.0 Å². The maximum atomic E-state index is 11.8. The van der Waals surface area contributed by atoms with Crippen LogP contribution in [0, 0.1) is 0 Å². The van der Waals surface area contributed by atoms with Crippen molar-refractivity contribution >= 4 is 27.3 Å². The summed E-state index contributed by atoms with van der Waals surface area (Å²) < 4.78 is 24.6. The molecule has 1 amide bonds. The molecular formula is C13H21N3O3S. The summed E-state index contributed by atoms with van der Waals surface area (Å²) in [6, 6.07) is 6.37. The van der Waals surface area contributed by atoms with E-state index in [1.165, 1.54) is 0 Å². The van der Waals surface area contributed by atoms with Gasteiger partial charge in [-0.05, 0) is 24.6 Å². The van der Waals surface area contributed by atoms with Crippen molar-refractivity contribution < 1.29 is 13.2 Å². The minimum absolute atomic E-state index is 0.155.